The smallest absolute Gasteiger partial charge is 0.307 e. The SMILES string of the molecule is COC(=O)CC(NC(=O)c1ccc(-n2nccc2C)cc1)c1ccc(C)cc1. The number of ether oxygens (including phenoxy) is 1. The van der Waals surface area contributed by atoms with Gasteiger partial charge in [0.1, 0.15) is 0 Å². The molecule has 1 atom stereocenters. The van der Waals surface area contributed by atoms with Gasteiger partial charge in [0.15, 0.2) is 0 Å². The summed E-state index contributed by atoms with van der Waals surface area (Å²) < 4.78 is 6.58. The van der Waals surface area contributed by atoms with Crippen LogP contribution in [0, 0.1) is 13.8 Å². The predicted octanol–water partition coefficient (Wildman–Crippen LogP) is 3.52. The Labute approximate surface area is 164 Å². The number of hydrogen-bond donors (Lipinski definition) is 1. The average Bonchev–Trinajstić information content (AvgIpc) is 3.14. The van der Waals surface area contributed by atoms with E-state index < -0.39 is 6.04 Å². The van der Waals surface area contributed by atoms with Crippen molar-refractivity contribution in [2.24, 2.45) is 0 Å². The summed E-state index contributed by atoms with van der Waals surface area (Å²) in [7, 11) is 1.34. The Morgan fingerprint density at radius 2 is 1.71 bits per heavy atom. The van der Waals surface area contributed by atoms with Crippen LogP contribution in [0.4, 0.5) is 0 Å². The number of nitrogens with zero attached hydrogens (tertiary/aromatic N) is 2. The van der Waals surface area contributed by atoms with Gasteiger partial charge < -0.3 is 10.1 Å². The number of methoxy groups -OCH3 is 1. The van der Waals surface area contributed by atoms with Crippen LogP contribution >= 0.6 is 0 Å². The molecule has 1 amide bonds. The summed E-state index contributed by atoms with van der Waals surface area (Å²) in [6.07, 6.45) is 1.80. The number of aromatic nitrogens is 2. The number of hydrogen-bond acceptors (Lipinski definition) is 4. The molecule has 1 heterocycles. The van der Waals surface area contributed by atoms with Crippen LogP contribution in [0.15, 0.2) is 60.8 Å². The van der Waals surface area contributed by atoms with E-state index in [1.165, 1.54) is 7.11 Å². The Hall–Kier alpha value is -3.41. The molecule has 0 saturated carbocycles. The van der Waals surface area contributed by atoms with Crippen LogP contribution in [0.2, 0.25) is 0 Å². The minimum Gasteiger partial charge on any atom is -0.469 e. The summed E-state index contributed by atoms with van der Waals surface area (Å²) in [4.78, 5) is 24.5. The predicted molar refractivity (Wildman–Crippen MR) is 106 cm³/mol. The highest BCUT2D eigenvalue weighted by molar-refractivity contribution is 5.94. The number of aryl methyl sites for hydroxylation is 2. The molecule has 0 aliphatic heterocycles. The molecule has 2 aromatic carbocycles. The fraction of sp³-hybridized carbons (Fsp3) is 0.227. The molecule has 0 radical (unpaired) electrons. The molecule has 6 heteroatoms. The summed E-state index contributed by atoms with van der Waals surface area (Å²) in [5.41, 5.74) is 4.36. The second-order valence-electron chi connectivity index (χ2n) is 6.65. The van der Waals surface area contributed by atoms with Crippen LogP contribution in [-0.2, 0) is 9.53 Å². The molecule has 3 aromatic rings. The van der Waals surface area contributed by atoms with Crippen molar-refractivity contribution >= 4 is 11.9 Å². The highest BCUT2D eigenvalue weighted by Gasteiger charge is 2.20. The molecule has 0 saturated heterocycles. The zero-order valence-electron chi connectivity index (χ0n) is 16.2. The average molecular weight is 377 g/mol. The maximum absolute atomic E-state index is 12.7. The van der Waals surface area contributed by atoms with E-state index in [0.29, 0.717) is 5.56 Å². The van der Waals surface area contributed by atoms with E-state index in [9.17, 15) is 9.59 Å². The van der Waals surface area contributed by atoms with Gasteiger partial charge in [0.25, 0.3) is 5.91 Å². The molecule has 0 aliphatic rings. The van der Waals surface area contributed by atoms with Gasteiger partial charge in [-0.2, -0.15) is 5.10 Å². The van der Waals surface area contributed by atoms with Crippen LogP contribution in [-0.4, -0.2) is 28.8 Å². The van der Waals surface area contributed by atoms with Crippen LogP contribution in [0.1, 0.15) is 39.6 Å². The van der Waals surface area contributed by atoms with E-state index >= 15 is 0 Å². The van der Waals surface area contributed by atoms with Gasteiger partial charge in [0.05, 0.1) is 25.3 Å². The second kappa shape index (κ2) is 8.52. The normalized spacial score (nSPS) is 11.7. The van der Waals surface area contributed by atoms with Gasteiger partial charge in [0.2, 0.25) is 0 Å². The summed E-state index contributed by atoms with van der Waals surface area (Å²) in [5.74, 6) is -0.631. The Morgan fingerprint density at radius 3 is 2.29 bits per heavy atom. The minimum atomic E-state index is -0.464. The Balaban J connectivity index is 1.78. The molecule has 1 N–H and O–H groups in total. The van der Waals surface area contributed by atoms with Crippen LogP contribution in [0.3, 0.4) is 0 Å². The molecule has 0 spiro atoms. The Morgan fingerprint density at radius 1 is 1.04 bits per heavy atom. The van der Waals surface area contributed by atoms with Crippen molar-refractivity contribution in [2.75, 3.05) is 7.11 Å². The first-order chi connectivity index (χ1) is 13.5. The van der Waals surface area contributed by atoms with Crippen LogP contribution in [0.25, 0.3) is 5.69 Å². The van der Waals surface area contributed by atoms with Crippen molar-refractivity contribution in [3.63, 3.8) is 0 Å². The zero-order chi connectivity index (χ0) is 20.1. The van der Waals surface area contributed by atoms with E-state index in [2.05, 4.69) is 10.4 Å². The van der Waals surface area contributed by atoms with E-state index in [1.54, 1.807) is 23.0 Å². The van der Waals surface area contributed by atoms with Gasteiger partial charge >= 0.3 is 5.97 Å². The molecular weight excluding hydrogens is 354 g/mol. The molecule has 144 valence electrons. The summed E-state index contributed by atoms with van der Waals surface area (Å²) in [6, 6.07) is 16.4. The monoisotopic (exact) mass is 377 g/mol. The van der Waals surface area contributed by atoms with Gasteiger partial charge in [-0.1, -0.05) is 29.8 Å². The standard InChI is InChI=1S/C22H23N3O3/c1-15-4-6-17(7-5-15)20(14-21(26)28-3)24-22(27)18-8-10-19(11-9-18)25-16(2)12-13-23-25/h4-13,20H,14H2,1-3H3,(H,24,27). The summed E-state index contributed by atoms with van der Waals surface area (Å²) >= 11 is 0. The van der Waals surface area contributed by atoms with Crippen molar-refractivity contribution in [3.05, 3.63) is 83.2 Å². The van der Waals surface area contributed by atoms with Crippen molar-refractivity contribution in [2.45, 2.75) is 26.3 Å². The molecule has 28 heavy (non-hydrogen) atoms. The fourth-order valence-electron chi connectivity index (χ4n) is 2.94. The highest BCUT2D eigenvalue weighted by Crippen LogP contribution is 2.19. The number of nitrogens with one attached hydrogen (secondary N) is 1. The van der Waals surface area contributed by atoms with Crippen LogP contribution in [0.5, 0.6) is 0 Å². The summed E-state index contributed by atoms with van der Waals surface area (Å²) in [6.45, 7) is 3.95. The second-order valence-corrected chi connectivity index (χ2v) is 6.65. The molecule has 0 bridgehead atoms. The van der Waals surface area contributed by atoms with Gasteiger partial charge in [-0.3, -0.25) is 9.59 Å². The Kier molecular flexibility index (Phi) is 5.89. The third kappa shape index (κ3) is 4.46. The van der Waals surface area contributed by atoms with Gasteiger partial charge in [-0.15, -0.1) is 0 Å². The topological polar surface area (TPSA) is 73.2 Å². The zero-order valence-corrected chi connectivity index (χ0v) is 16.2. The number of carbonyl (C=O) groups excluding carboxylic acids is 2. The number of benzene rings is 2. The molecular formula is C22H23N3O3. The number of rotatable bonds is 6. The van der Waals surface area contributed by atoms with E-state index in [0.717, 1.165) is 22.5 Å². The van der Waals surface area contributed by atoms with E-state index in [4.69, 9.17) is 4.74 Å². The summed E-state index contributed by atoms with van der Waals surface area (Å²) in [5, 5.41) is 7.20. The quantitative estimate of drug-likeness (QED) is 0.667. The first-order valence-electron chi connectivity index (χ1n) is 9.03. The highest BCUT2D eigenvalue weighted by atomic mass is 16.5. The first-order valence-corrected chi connectivity index (χ1v) is 9.03. The van der Waals surface area contributed by atoms with Crippen molar-refractivity contribution in [1.82, 2.24) is 15.1 Å². The van der Waals surface area contributed by atoms with Gasteiger partial charge in [-0.25, -0.2) is 4.68 Å². The number of amides is 1. The van der Waals surface area contributed by atoms with Gasteiger partial charge in [-0.05, 0) is 49.7 Å². The van der Waals surface area contributed by atoms with Crippen molar-refractivity contribution in [3.8, 4) is 5.69 Å². The van der Waals surface area contributed by atoms with Crippen LogP contribution < -0.4 is 5.32 Å². The molecule has 3 rings (SSSR count). The lowest BCUT2D eigenvalue weighted by molar-refractivity contribution is -0.141. The molecule has 1 aromatic heterocycles. The molecule has 1 unspecified atom stereocenters. The number of carbonyl (C=O) groups is 2. The molecule has 0 fully saturated rings. The maximum Gasteiger partial charge on any atom is 0.307 e. The Bertz CT molecular complexity index is 959. The van der Waals surface area contributed by atoms with Gasteiger partial charge in [0, 0.05) is 17.5 Å². The van der Waals surface area contributed by atoms with Crippen molar-refractivity contribution < 1.29 is 14.3 Å². The first kappa shape index (κ1) is 19.4. The fourth-order valence-corrected chi connectivity index (χ4v) is 2.94. The third-order valence-corrected chi connectivity index (χ3v) is 4.59. The lowest BCUT2D eigenvalue weighted by atomic mass is 10.0. The van der Waals surface area contributed by atoms with E-state index in [-0.39, 0.29) is 18.3 Å². The third-order valence-electron chi connectivity index (χ3n) is 4.59. The minimum absolute atomic E-state index is 0.0653. The maximum atomic E-state index is 12.7. The lowest BCUT2D eigenvalue weighted by Crippen LogP contribution is -2.30. The largest absolute Gasteiger partial charge is 0.469 e. The lowest BCUT2D eigenvalue weighted by Gasteiger charge is -2.18. The number of esters is 1. The van der Waals surface area contributed by atoms with Crippen molar-refractivity contribution in [1.29, 1.82) is 0 Å². The van der Waals surface area contributed by atoms with E-state index in [1.807, 2.05) is 56.3 Å². The molecule has 6 nitrogen and oxygen atoms in total. The molecule has 0 aliphatic carbocycles.